The summed E-state index contributed by atoms with van der Waals surface area (Å²) in [6, 6.07) is 5.10. The normalized spacial score (nSPS) is 19.5. The summed E-state index contributed by atoms with van der Waals surface area (Å²) in [5.41, 5.74) is 0.416. The summed E-state index contributed by atoms with van der Waals surface area (Å²) in [6.07, 6.45) is 2.03. The summed E-state index contributed by atoms with van der Waals surface area (Å²) < 4.78 is 55.6. The Kier molecular flexibility index (Phi) is 5.36. The van der Waals surface area contributed by atoms with Crippen LogP contribution in [-0.4, -0.2) is 63.3 Å². The molecule has 2 aromatic rings. The molecular weight excluding hydrogens is 466 g/mol. The summed E-state index contributed by atoms with van der Waals surface area (Å²) in [5, 5.41) is 2.85. The number of likely N-dealkylation sites (N-methyl/N-ethyl adjacent to an activating group) is 1. The molecule has 2 fully saturated rings. The van der Waals surface area contributed by atoms with Gasteiger partial charge < -0.3 is 15.1 Å². The van der Waals surface area contributed by atoms with Crippen LogP contribution in [0.15, 0.2) is 35.2 Å². The van der Waals surface area contributed by atoms with E-state index >= 15 is 0 Å². The second kappa shape index (κ2) is 8.02. The molecule has 0 unspecified atom stereocenters. The molecule has 2 heterocycles. The van der Waals surface area contributed by atoms with Crippen molar-refractivity contribution in [3.63, 3.8) is 0 Å². The zero-order valence-corrected chi connectivity index (χ0v) is 19.3. The van der Waals surface area contributed by atoms with Gasteiger partial charge in [0.05, 0.1) is 22.4 Å². The molecule has 11 heteroatoms. The monoisotopic (exact) mass is 490 g/mol. The summed E-state index contributed by atoms with van der Waals surface area (Å²) in [5.74, 6) is -2.64. The Morgan fingerprint density at radius 1 is 1.09 bits per heavy atom. The molecule has 1 spiro atoms. The van der Waals surface area contributed by atoms with Crippen molar-refractivity contribution in [3.05, 3.63) is 53.1 Å². The topological polar surface area (TPSA) is 98.8 Å². The number of fused-ring (bicyclic) bond motifs is 2. The number of carbonyl (C=O) groups is 2. The van der Waals surface area contributed by atoms with Crippen LogP contribution in [0.4, 0.5) is 20.2 Å². The number of piperazine rings is 1. The van der Waals surface area contributed by atoms with Crippen molar-refractivity contribution in [2.45, 2.75) is 29.6 Å². The SMILES string of the molecule is CN1CCN(C(=O)c2cc(NS(=O)(=O)c3ccc(F)cc3F)cc3c2NC(=O)C32CCC2)CC1. The second-order valence-electron chi connectivity index (χ2n) is 9.11. The first-order valence-electron chi connectivity index (χ1n) is 11.1. The first-order chi connectivity index (χ1) is 16.1. The van der Waals surface area contributed by atoms with Crippen LogP contribution in [0.25, 0.3) is 0 Å². The van der Waals surface area contributed by atoms with E-state index < -0.39 is 32.0 Å². The van der Waals surface area contributed by atoms with Gasteiger partial charge in [-0.1, -0.05) is 6.42 Å². The van der Waals surface area contributed by atoms with Gasteiger partial charge in [-0.25, -0.2) is 17.2 Å². The van der Waals surface area contributed by atoms with Crippen LogP contribution in [0, 0.1) is 11.6 Å². The number of nitrogens with zero attached hydrogens (tertiary/aromatic N) is 2. The molecule has 2 N–H and O–H groups in total. The number of amides is 2. The molecule has 1 aliphatic carbocycles. The lowest BCUT2D eigenvalue weighted by Crippen LogP contribution is -2.47. The average Bonchev–Trinajstić information content (AvgIpc) is 3.04. The lowest BCUT2D eigenvalue weighted by Gasteiger charge is -2.36. The van der Waals surface area contributed by atoms with Crippen molar-refractivity contribution in [1.82, 2.24) is 9.80 Å². The molecule has 2 aliphatic heterocycles. The van der Waals surface area contributed by atoms with Crippen LogP contribution in [0.1, 0.15) is 35.2 Å². The molecule has 0 bridgehead atoms. The number of nitrogens with one attached hydrogen (secondary N) is 2. The van der Waals surface area contributed by atoms with E-state index in [0.717, 1.165) is 18.6 Å². The van der Waals surface area contributed by atoms with Gasteiger partial charge in [0.15, 0.2) is 0 Å². The van der Waals surface area contributed by atoms with E-state index in [2.05, 4.69) is 14.9 Å². The number of hydrogen-bond donors (Lipinski definition) is 2. The highest BCUT2D eigenvalue weighted by Crippen LogP contribution is 2.53. The fourth-order valence-corrected chi connectivity index (χ4v) is 5.95. The molecule has 0 atom stereocenters. The highest BCUT2D eigenvalue weighted by molar-refractivity contribution is 7.92. The van der Waals surface area contributed by atoms with Crippen LogP contribution < -0.4 is 10.0 Å². The number of sulfonamides is 1. The maximum absolute atomic E-state index is 14.2. The standard InChI is InChI=1S/C23H24F2N4O4S/c1-28-7-9-29(10-8-28)21(30)16-12-15(13-17-20(16)26-22(31)23(17)5-2-6-23)27-34(32,33)19-4-3-14(24)11-18(19)25/h3-4,11-13,27H,2,5-10H2,1H3,(H,26,31). The van der Waals surface area contributed by atoms with Crippen molar-refractivity contribution < 1.29 is 26.8 Å². The van der Waals surface area contributed by atoms with E-state index in [1.807, 2.05) is 7.05 Å². The third-order valence-corrected chi connectivity index (χ3v) is 8.41. The highest BCUT2D eigenvalue weighted by Gasteiger charge is 2.52. The average molecular weight is 491 g/mol. The number of carbonyl (C=O) groups excluding carboxylic acids is 2. The summed E-state index contributed by atoms with van der Waals surface area (Å²) in [6.45, 7) is 2.39. The molecule has 5 rings (SSSR count). The number of rotatable bonds is 4. The Bertz CT molecular complexity index is 1300. The van der Waals surface area contributed by atoms with Gasteiger partial charge in [0, 0.05) is 32.2 Å². The van der Waals surface area contributed by atoms with Crippen LogP contribution >= 0.6 is 0 Å². The van der Waals surface area contributed by atoms with Gasteiger partial charge in [-0.2, -0.15) is 0 Å². The fourth-order valence-electron chi connectivity index (χ4n) is 4.85. The zero-order valence-electron chi connectivity index (χ0n) is 18.5. The van der Waals surface area contributed by atoms with E-state index in [9.17, 15) is 26.8 Å². The van der Waals surface area contributed by atoms with E-state index in [4.69, 9.17) is 0 Å². The Hall–Kier alpha value is -3.05. The molecule has 1 saturated heterocycles. The fraction of sp³-hybridized carbons (Fsp3) is 0.391. The van der Waals surface area contributed by atoms with E-state index in [1.165, 1.54) is 12.1 Å². The molecule has 0 radical (unpaired) electrons. The summed E-state index contributed by atoms with van der Waals surface area (Å²) >= 11 is 0. The smallest absolute Gasteiger partial charge is 0.264 e. The summed E-state index contributed by atoms with van der Waals surface area (Å²) in [4.78, 5) is 29.4. The second-order valence-corrected chi connectivity index (χ2v) is 10.8. The van der Waals surface area contributed by atoms with Gasteiger partial charge in [0.2, 0.25) is 5.91 Å². The minimum absolute atomic E-state index is 0.0442. The Morgan fingerprint density at radius 2 is 1.79 bits per heavy atom. The van der Waals surface area contributed by atoms with Crippen molar-refractivity contribution >= 4 is 33.2 Å². The van der Waals surface area contributed by atoms with Gasteiger partial charge in [-0.05, 0) is 49.7 Å². The lowest BCUT2D eigenvalue weighted by molar-refractivity contribution is -0.123. The Balaban J connectivity index is 1.57. The van der Waals surface area contributed by atoms with Crippen LogP contribution in [0.5, 0.6) is 0 Å². The number of halogens is 2. The Morgan fingerprint density at radius 3 is 2.41 bits per heavy atom. The molecule has 2 aromatic carbocycles. The molecular formula is C23H24F2N4O4S. The molecule has 0 aromatic heterocycles. The third-order valence-electron chi connectivity index (χ3n) is 6.99. The van der Waals surface area contributed by atoms with Crippen molar-refractivity contribution in [3.8, 4) is 0 Å². The molecule has 3 aliphatic rings. The van der Waals surface area contributed by atoms with Crippen LogP contribution in [0.2, 0.25) is 0 Å². The predicted octanol–water partition coefficient (Wildman–Crippen LogP) is 2.53. The van der Waals surface area contributed by atoms with Gasteiger partial charge in [-0.15, -0.1) is 0 Å². The predicted molar refractivity (Wildman–Crippen MR) is 121 cm³/mol. The number of anilines is 2. The van der Waals surface area contributed by atoms with Gasteiger partial charge in [0.1, 0.15) is 16.5 Å². The molecule has 1 saturated carbocycles. The molecule has 34 heavy (non-hydrogen) atoms. The highest BCUT2D eigenvalue weighted by atomic mass is 32.2. The molecule has 2 amide bonds. The largest absolute Gasteiger partial charge is 0.336 e. The Labute approximate surface area is 196 Å². The molecule has 8 nitrogen and oxygen atoms in total. The van der Waals surface area contributed by atoms with Crippen LogP contribution in [-0.2, 0) is 20.2 Å². The first-order valence-corrected chi connectivity index (χ1v) is 12.5. The third kappa shape index (κ3) is 3.63. The maximum atomic E-state index is 14.2. The summed E-state index contributed by atoms with van der Waals surface area (Å²) in [7, 11) is -2.46. The van der Waals surface area contributed by atoms with Gasteiger partial charge in [0.25, 0.3) is 15.9 Å². The van der Waals surface area contributed by atoms with Crippen molar-refractivity contribution in [2.24, 2.45) is 0 Å². The van der Waals surface area contributed by atoms with Crippen LogP contribution in [0.3, 0.4) is 0 Å². The van der Waals surface area contributed by atoms with Crippen molar-refractivity contribution in [2.75, 3.05) is 43.3 Å². The van der Waals surface area contributed by atoms with Gasteiger partial charge >= 0.3 is 0 Å². The van der Waals surface area contributed by atoms with E-state index in [0.29, 0.717) is 56.3 Å². The minimum atomic E-state index is -4.42. The quantitative estimate of drug-likeness (QED) is 0.687. The van der Waals surface area contributed by atoms with E-state index in [1.54, 1.807) is 4.90 Å². The molecule has 180 valence electrons. The van der Waals surface area contributed by atoms with Crippen molar-refractivity contribution in [1.29, 1.82) is 0 Å². The lowest BCUT2D eigenvalue weighted by atomic mass is 9.65. The number of hydrogen-bond acceptors (Lipinski definition) is 5. The number of benzene rings is 2. The van der Waals surface area contributed by atoms with E-state index in [-0.39, 0.29) is 23.1 Å². The maximum Gasteiger partial charge on any atom is 0.264 e. The minimum Gasteiger partial charge on any atom is -0.336 e. The zero-order chi connectivity index (χ0) is 24.3. The van der Waals surface area contributed by atoms with Gasteiger partial charge in [-0.3, -0.25) is 14.3 Å². The first kappa shape index (κ1) is 22.7.